The number of methoxy groups -OCH3 is 1. The molecule has 6 nitrogen and oxygen atoms in total. The van der Waals surface area contributed by atoms with E-state index in [1.165, 1.54) is 19.4 Å². The molecule has 64 valence electrons. The van der Waals surface area contributed by atoms with E-state index in [2.05, 4.69) is 10.2 Å². The maximum absolute atomic E-state index is 11.0. The molecule has 1 heterocycles. The van der Waals surface area contributed by atoms with Crippen LogP contribution in [0.3, 0.4) is 0 Å². The Bertz CT molecular complexity index is 289. The molecule has 0 aliphatic rings. The number of hydrogen-bond acceptors (Lipinski definition) is 5. The predicted octanol–water partition coefficient (Wildman–Crippen LogP) is -0.911. The summed E-state index contributed by atoms with van der Waals surface area (Å²) in [6.45, 7) is 0. The van der Waals surface area contributed by atoms with E-state index in [4.69, 9.17) is 10.6 Å². The van der Waals surface area contributed by atoms with Gasteiger partial charge in [-0.25, -0.2) is 5.84 Å². The summed E-state index contributed by atoms with van der Waals surface area (Å²) in [5.41, 5.74) is 2.01. The molecule has 12 heavy (non-hydrogen) atoms. The molecule has 0 unspecified atom stereocenters. The number of nitrogens with zero attached hydrogens (tertiary/aromatic N) is 2. The van der Waals surface area contributed by atoms with Gasteiger partial charge in [0, 0.05) is 6.07 Å². The number of aromatic nitrogens is 2. The van der Waals surface area contributed by atoms with Gasteiger partial charge >= 0.3 is 0 Å². The Morgan fingerprint density at radius 2 is 2.50 bits per heavy atom. The van der Waals surface area contributed by atoms with Crippen molar-refractivity contribution in [2.45, 2.75) is 0 Å². The lowest BCUT2D eigenvalue weighted by Gasteiger charge is -2.03. The van der Waals surface area contributed by atoms with E-state index in [9.17, 15) is 4.79 Å². The summed E-state index contributed by atoms with van der Waals surface area (Å²) >= 11 is 0. The number of ether oxygens (including phenoxy) is 1. The Balaban J connectivity index is 3.04. The fourth-order valence-electron chi connectivity index (χ4n) is 0.711. The van der Waals surface area contributed by atoms with Gasteiger partial charge in [0.05, 0.1) is 13.3 Å². The van der Waals surface area contributed by atoms with Gasteiger partial charge in [0.1, 0.15) is 0 Å². The molecular weight excluding hydrogens is 160 g/mol. The third-order valence-corrected chi connectivity index (χ3v) is 1.25. The highest BCUT2D eigenvalue weighted by molar-refractivity contribution is 5.94. The van der Waals surface area contributed by atoms with Crippen LogP contribution in [0.15, 0.2) is 12.3 Å². The summed E-state index contributed by atoms with van der Waals surface area (Å²) in [7, 11) is 1.43. The second-order valence-corrected chi connectivity index (χ2v) is 1.92. The molecule has 1 aromatic rings. The Kier molecular flexibility index (Phi) is 2.54. The molecule has 0 aliphatic carbocycles. The van der Waals surface area contributed by atoms with Crippen LogP contribution < -0.4 is 16.0 Å². The number of amides is 1. The molecule has 0 radical (unpaired) electrons. The lowest BCUT2D eigenvalue weighted by Crippen LogP contribution is -2.31. The van der Waals surface area contributed by atoms with Crippen molar-refractivity contribution in [3.05, 3.63) is 18.0 Å². The maximum Gasteiger partial charge on any atom is 0.289 e. The molecule has 0 atom stereocenters. The molecule has 1 aromatic heterocycles. The Morgan fingerprint density at radius 1 is 1.75 bits per heavy atom. The molecule has 0 aromatic carbocycles. The summed E-state index contributed by atoms with van der Waals surface area (Å²) in [5.74, 6) is 4.72. The van der Waals surface area contributed by atoms with E-state index in [1.807, 2.05) is 5.43 Å². The van der Waals surface area contributed by atoms with Gasteiger partial charge in [-0.2, -0.15) is 5.10 Å². The van der Waals surface area contributed by atoms with Gasteiger partial charge in [-0.3, -0.25) is 10.2 Å². The Hall–Kier alpha value is -1.69. The van der Waals surface area contributed by atoms with Gasteiger partial charge in [-0.15, -0.1) is 5.10 Å². The third kappa shape index (κ3) is 1.48. The quantitative estimate of drug-likeness (QED) is 0.339. The minimum atomic E-state index is -0.528. The monoisotopic (exact) mass is 168 g/mol. The highest BCUT2D eigenvalue weighted by Crippen LogP contribution is 2.11. The molecule has 0 aliphatic heterocycles. The van der Waals surface area contributed by atoms with Crippen LogP contribution in [-0.4, -0.2) is 23.2 Å². The number of carbonyl (C=O) groups excluding carboxylic acids is 1. The van der Waals surface area contributed by atoms with E-state index < -0.39 is 5.91 Å². The van der Waals surface area contributed by atoms with Crippen LogP contribution in [0.5, 0.6) is 5.75 Å². The van der Waals surface area contributed by atoms with Crippen molar-refractivity contribution in [2.24, 2.45) is 5.84 Å². The second-order valence-electron chi connectivity index (χ2n) is 1.92. The van der Waals surface area contributed by atoms with Crippen molar-refractivity contribution in [3.8, 4) is 5.75 Å². The van der Waals surface area contributed by atoms with Crippen molar-refractivity contribution >= 4 is 5.91 Å². The molecule has 1 amide bonds. The van der Waals surface area contributed by atoms with Crippen molar-refractivity contribution in [1.82, 2.24) is 15.6 Å². The number of nitrogens with one attached hydrogen (secondary N) is 1. The van der Waals surface area contributed by atoms with Gasteiger partial charge in [-0.05, 0) is 0 Å². The van der Waals surface area contributed by atoms with E-state index >= 15 is 0 Å². The molecule has 3 N–H and O–H groups in total. The van der Waals surface area contributed by atoms with Gasteiger partial charge in [0.25, 0.3) is 5.91 Å². The van der Waals surface area contributed by atoms with Crippen LogP contribution in [0.1, 0.15) is 10.5 Å². The zero-order valence-electron chi connectivity index (χ0n) is 6.44. The van der Waals surface area contributed by atoms with Crippen LogP contribution in [0.25, 0.3) is 0 Å². The number of hydrazine groups is 1. The SMILES string of the molecule is COc1ccnnc1C(=O)NN. The van der Waals surface area contributed by atoms with E-state index in [0.717, 1.165) is 0 Å². The van der Waals surface area contributed by atoms with Crippen LogP contribution in [0.4, 0.5) is 0 Å². The molecule has 0 spiro atoms. The summed E-state index contributed by atoms with van der Waals surface area (Å²) in [6.07, 6.45) is 1.42. The third-order valence-electron chi connectivity index (χ3n) is 1.25. The summed E-state index contributed by atoms with van der Waals surface area (Å²) in [6, 6.07) is 1.53. The first-order valence-electron chi connectivity index (χ1n) is 3.16. The number of nitrogens with two attached hydrogens (primary N) is 1. The maximum atomic E-state index is 11.0. The van der Waals surface area contributed by atoms with Crippen molar-refractivity contribution in [3.63, 3.8) is 0 Å². The first-order valence-corrected chi connectivity index (χ1v) is 3.16. The average molecular weight is 168 g/mol. The minimum Gasteiger partial charge on any atom is -0.494 e. The van der Waals surface area contributed by atoms with Gasteiger partial charge in [-0.1, -0.05) is 0 Å². The van der Waals surface area contributed by atoms with Gasteiger partial charge in [0.15, 0.2) is 11.4 Å². The Morgan fingerprint density at radius 3 is 3.08 bits per heavy atom. The van der Waals surface area contributed by atoms with E-state index in [0.29, 0.717) is 5.75 Å². The first-order chi connectivity index (χ1) is 5.79. The lowest BCUT2D eigenvalue weighted by molar-refractivity contribution is 0.0944. The van der Waals surface area contributed by atoms with E-state index in [-0.39, 0.29) is 5.69 Å². The topological polar surface area (TPSA) is 90.1 Å². The first kappa shape index (κ1) is 8.41. The molecule has 0 fully saturated rings. The molecule has 0 bridgehead atoms. The van der Waals surface area contributed by atoms with Crippen molar-refractivity contribution < 1.29 is 9.53 Å². The number of carbonyl (C=O) groups is 1. The van der Waals surface area contributed by atoms with Crippen molar-refractivity contribution in [2.75, 3.05) is 7.11 Å². The fraction of sp³-hybridized carbons (Fsp3) is 0.167. The smallest absolute Gasteiger partial charge is 0.289 e. The highest BCUT2D eigenvalue weighted by atomic mass is 16.5. The van der Waals surface area contributed by atoms with Crippen LogP contribution >= 0.6 is 0 Å². The normalized spacial score (nSPS) is 9.17. The fourth-order valence-corrected chi connectivity index (χ4v) is 0.711. The number of rotatable bonds is 2. The predicted molar refractivity (Wildman–Crippen MR) is 40.2 cm³/mol. The van der Waals surface area contributed by atoms with Gasteiger partial charge < -0.3 is 4.74 Å². The van der Waals surface area contributed by atoms with Gasteiger partial charge in [0.2, 0.25) is 0 Å². The lowest BCUT2D eigenvalue weighted by atomic mass is 10.3. The molecule has 6 heteroatoms. The molecular formula is C6H8N4O2. The van der Waals surface area contributed by atoms with Crippen LogP contribution in [-0.2, 0) is 0 Å². The summed E-state index contributed by atoms with van der Waals surface area (Å²) in [4.78, 5) is 11.0. The number of nitrogen functional groups attached to an aromatic ring is 1. The molecule has 0 saturated heterocycles. The average Bonchev–Trinajstić information content (AvgIpc) is 2.16. The number of hydrogen-bond donors (Lipinski definition) is 2. The second kappa shape index (κ2) is 3.63. The summed E-state index contributed by atoms with van der Waals surface area (Å²) in [5, 5.41) is 7.07. The van der Waals surface area contributed by atoms with E-state index in [1.54, 1.807) is 0 Å². The molecule has 1 rings (SSSR count). The zero-order valence-corrected chi connectivity index (χ0v) is 6.44. The Labute approximate surface area is 68.7 Å². The standard InChI is InChI=1S/C6H8N4O2/c1-12-4-2-3-8-10-5(4)6(11)9-7/h2-3H,7H2,1H3,(H,9,11). The van der Waals surface area contributed by atoms with Crippen LogP contribution in [0.2, 0.25) is 0 Å². The van der Waals surface area contributed by atoms with Crippen LogP contribution in [0, 0.1) is 0 Å². The zero-order chi connectivity index (χ0) is 8.97. The largest absolute Gasteiger partial charge is 0.494 e. The van der Waals surface area contributed by atoms with Crippen molar-refractivity contribution in [1.29, 1.82) is 0 Å². The minimum absolute atomic E-state index is 0.0718. The molecule has 0 saturated carbocycles. The highest BCUT2D eigenvalue weighted by Gasteiger charge is 2.11. The summed E-state index contributed by atoms with van der Waals surface area (Å²) < 4.78 is 4.85.